The molecule has 0 aliphatic heterocycles. The Morgan fingerprint density at radius 2 is 1.85 bits per heavy atom. The van der Waals surface area contributed by atoms with E-state index in [1.807, 2.05) is 43.4 Å². The summed E-state index contributed by atoms with van der Waals surface area (Å²) in [5.74, 6) is 0.264. The van der Waals surface area contributed by atoms with E-state index < -0.39 is 0 Å². The Balaban J connectivity index is 1.80. The van der Waals surface area contributed by atoms with Gasteiger partial charge in [0.2, 0.25) is 5.95 Å². The number of aromatic amines is 1. The molecule has 5 heteroatoms. The third kappa shape index (κ3) is 2.33. The Labute approximate surface area is 116 Å². The van der Waals surface area contributed by atoms with Gasteiger partial charge in [-0.3, -0.25) is 10.1 Å². The summed E-state index contributed by atoms with van der Waals surface area (Å²) in [6.07, 6.45) is 0. The maximum atomic E-state index is 12.1. The van der Waals surface area contributed by atoms with Crippen molar-refractivity contribution >= 4 is 28.6 Å². The molecule has 0 radical (unpaired) electrons. The molecule has 1 amide bonds. The van der Waals surface area contributed by atoms with E-state index >= 15 is 0 Å². The van der Waals surface area contributed by atoms with Crippen LogP contribution in [0.15, 0.2) is 48.5 Å². The van der Waals surface area contributed by atoms with Gasteiger partial charge in [-0.2, -0.15) is 0 Å². The molecule has 0 saturated carbocycles. The highest BCUT2D eigenvalue weighted by Gasteiger charge is 2.08. The van der Waals surface area contributed by atoms with E-state index in [4.69, 9.17) is 0 Å². The molecule has 0 bridgehead atoms. The lowest BCUT2D eigenvalue weighted by Crippen LogP contribution is -2.12. The zero-order valence-corrected chi connectivity index (χ0v) is 11.0. The van der Waals surface area contributed by atoms with Crippen molar-refractivity contribution in [1.29, 1.82) is 0 Å². The summed E-state index contributed by atoms with van der Waals surface area (Å²) in [6, 6.07) is 14.9. The fourth-order valence-corrected chi connectivity index (χ4v) is 1.98. The lowest BCUT2D eigenvalue weighted by atomic mass is 10.2. The van der Waals surface area contributed by atoms with Gasteiger partial charge in [-0.15, -0.1) is 0 Å². The van der Waals surface area contributed by atoms with E-state index in [9.17, 15) is 4.79 Å². The van der Waals surface area contributed by atoms with Gasteiger partial charge in [0.25, 0.3) is 5.91 Å². The summed E-state index contributed by atoms with van der Waals surface area (Å²) in [4.78, 5) is 19.5. The highest BCUT2D eigenvalue weighted by Crippen LogP contribution is 2.15. The Kier molecular flexibility index (Phi) is 3.09. The molecule has 100 valence electrons. The van der Waals surface area contributed by atoms with Crippen LogP contribution in [0, 0.1) is 0 Å². The van der Waals surface area contributed by atoms with Gasteiger partial charge in [0.1, 0.15) is 0 Å². The smallest absolute Gasteiger partial charge is 0.257 e. The lowest BCUT2D eigenvalue weighted by Gasteiger charge is -2.03. The van der Waals surface area contributed by atoms with Gasteiger partial charge < -0.3 is 10.3 Å². The lowest BCUT2D eigenvalue weighted by molar-refractivity contribution is 0.102. The Bertz CT molecular complexity index is 713. The molecule has 20 heavy (non-hydrogen) atoms. The number of imidazole rings is 1. The topological polar surface area (TPSA) is 69.8 Å². The van der Waals surface area contributed by atoms with Crippen LogP contribution in [0.5, 0.6) is 0 Å². The highest BCUT2D eigenvalue weighted by molar-refractivity contribution is 6.04. The number of fused-ring (bicyclic) bond motifs is 1. The summed E-state index contributed by atoms with van der Waals surface area (Å²) >= 11 is 0. The zero-order chi connectivity index (χ0) is 13.9. The summed E-state index contributed by atoms with van der Waals surface area (Å²) in [5.41, 5.74) is 3.27. The number of hydrogen-bond donors (Lipinski definition) is 3. The Morgan fingerprint density at radius 3 is 2.55 bits per heavy atom. The zero-order valence-electron chi connectivity index (χ0n) is 11.0. The first-order chi connectivity index (χ1) is 9.76. The first kappa shape index (κ1) is 12.2. The number of aromatic nitrogens is 2. The molecule has 3 aromatic rings. The number of H-pyrrole nitrogens is 1. The van der Waals surface area contributed by atoms with Crippen LogP contribution in [0.4, 0.5) is 11.6 Å². The molecule has 0 unspecified atom stereocenters. The fourth-order valence-electron chi connectivity index (χ4n) is 1.98. The molecule has 0 aliphatic carbocycles. The molecule has 0 fully saturated rings. The van der Waals surface area contributed by atoms with Gasteiger partial charge in [-0.25, -0.2) is 4.98 Å². The third-order valence-corrected chi connectivity index (χ3v) is 3.06. The SMILES string of the molecule is CNc1ccc(C(=O)Nc2nc3ccccc3[nH]2)cc1. The van der Waals surface area contributed by atoms with E-state index in [1.54, 1.807) is 12.1 Å². The largest absolute Gasteiger partial charge is 0.388 e. The number of hydrogen-bond acceptors (Lipinski definition) is 3. The van der Waals surface area contributed by atoms with Crippen LogP contribution in [0.1, 0.15) is 10.4 Å². The van der Waals surface area contributed by atoms with Crippen molar-refractivity contribution in [3.63, 3.8) is 0 Å². The highest BCUT2D eigenvalue weighted by atomic mass is 16.1. The van der Waals surface area contributed by atoms with E-state index in [0.29, 0.717) is 11.5 Å². The molecule has 3 rings (SSSR count). The number of anilines is 2. The van der Waals surface area contributed by atoms with Crippen LogP contribution < -0.4 is 10.6 Å². The number of carbonyl (C=O) groups excluding carboxylic acids is 1. The average molecular weight is 266 g/mol. The monoisotopic (exact) mass is 266 g/mol. The Hall–Kier alpha value is -2.82. The van der Waals surface area contributed by atoms with Crippen LogP contribution in [0.3, 0.4) is 0 Å². The van der Waals surface area contributed by atoms with Gasteiger partial charge in [0.15, 0.2) is 0 Å². The fraction of sp³-hybridized carbons (Fsp3) is 0.0667. The molecule has 0 atom stereocenters. The van der Waals surface area contributed by atoms with Crippen molar-refractivity contribution in [2.24, 2.45) is 0 Å². The van der Waals surface area contributed by atoms with E-state index in [2.05, 4.69) is 20.6 Å². The molecule has 3 N–H and O–H groups in total. The summed E-state index contributed by atoms with van der Waals surface area (Å²) in [6.45, 7) is 0. The number of amides is 1. The summed E-state index contributed by atoms with van der Waals surface area (Å²) in [7, 11) is 1.84. The van der Waals surface area contributed by atoms with Gasteiger partial charge in [-0.05, 0) is 36.4 Å². The summed E-state index contributed by atoms with van der Waals surface area (Å²) < 4.78 is 0. The second kappa shape index (κ2) is 5.05. The minimum atomic E-state index is -0.188. The number of benzene rings is 2. The molecule has 2 aromatic carbocycles. The molecular formula is C15H14N4O. The van der Waals surface area contributed by atoms with Gasteiger partial charge in [0, 0.05) is 18.3 Å². The van der Waals surface area contributed by atoms with Crippen molar-refractivity contribution < 1.29 is 4.79 Å². The molecule has 1 aromatic heterocycles. The van der Waals surface area contributed by atoms with Crippen LogP contribution in [0.2, 0.25) is 0 Å². The van der Waals surface area contributed by atoms with Gasteiger partial charge in [0.05, 0.1) is 11.0 Å². The van der Waals surface area contributed by atoms with Crippen LogP contribution >= 0.6 is 0 Å². The first-order valence-electron chi connectivity index (χ1n) is 6.30. The minimum Gasteiger partial charge on any atom is -0.388 e. The molecule has 0 spiro atoms. The first-order valence-corrected chi connectivity index (χ1v) is 6.30. The maximum Gasteiger partial charge on any atom is 0.257 e. The van der Waals surface area contributed by atoms with Crippen molar-refractivity contribution in [2.75, 3.05) is 17.7 Å². The van der Waals surface area contributed by atoms with E-state index in [1.165, 1.54) is 0 Å². The van der Waals surface area contributed by atoms with Gasteiger partial charge >= 0.3 is 0 Å². The van der Waals surface area contributed by atoms with Crippen LogP contribution in [-0.2, 0) is 0 Å². The number of para-hydroxylation sites is 2. The standard InChI is InChI=1S/C15H14N4O/c1-16-11-8-6-10(7-9-11)14(20)19-15-17-12-4-2-3-5-13(12)18-15/h2-9,16H,1H3,(H2,17,18,19,20). The normalized spacial score (nSPS) is 10.4. The number of carbonyl (C=O) groups is 1. The second-order valence-electron chi connectivity index (χ2n) is 4.38. The molecule has 5 nitrogen and oxygen atoms in total. The number of nitrogens with zero attached hydrogens (tertiary/aromatic N) is 1. The van der Waals surface area contributed by atoms with Crippen molar-refractivity contribution in [1.82, 2.24) is 9.97 Å². The minimum absolute atomic E-state index is 0.188. The number of rotatable bonds is 3. The third-order valence-electron chi connectivity index (χ3n) is 3.06. The van der Waals surface area contributed by atoms with Crippen molar-refractivity contribution in [2.45, 2.75) is 0 Å². The predicted molar refractivity (Wildman–Crippen MR) is 80.0 cm³/mol. The van der Waals surface area contributed by atoms with E-state index in [0.717, 1.165) is 16.7 Å². The quantitative estimate of drug-likeness (QED) is 0.682. The van der Waals surface area contributed by atoms with Crippen LogP contribution in [-0.4, -0.2) is 22.9 Å². The molecular weight excluding hydrogens is 252 g/mol. The van der Waals surface area contributed by atoms with Crippen LogP contribution in [0.25, 0.3) is 11.0 Å². The number of nitrogens with one attached hydrogen (secondary N) is 3. The van der Waals surface area contributed by atoms with Gasteiger partial charge in [-0.1, -0.05) is 12.1 Å². The van der Waals surface area contributed by atoms with E-state index in [-0.39, 0.29) is 5.91 Å². The second-order valence-corrected chi connectivity index (χ2v) is 4.38. The molecule has 1 heterocycles. The van der Waals surface area contributed by atoms with Crippen molar-refractivity contribution in [3.8, 4) is 0 Å². The predicted octanol–water partition coefficient (Wildman–Crippen LogP) is 2.86. The van der Waals surface area contributed by atoms with Crippen molar-refractivity contribution in [3.05, 3.63) is 54.1 Å². The average Bonchev–Trinajstić information content (AvgIpc) is 2.89. The Morgan fingerprint density at radius 1 is 1.10 bits per heavy atom. The molecule has 0 saturated heterocycles. The molecule has 0 aliphatic rings. The maximum absolute atomic E-state index is 12.1. The summed E-state index contributed by atoms with van der Waals surface area (Å²) in [5, 5.41) is 5.77.